The highest BCUT2D eigenvalue weighted by Crippen LogP contribution is 2.32. The van der Waals surface area contributed by atoms with Crippen molar-refractivity contribution in [2.45, 2.75) is 64.5 Å². The highest BCUT2D eigenvalue weighted by atomic mass is 15.3. The predicted octanol–water partition coefficient (Wildman–Crippen LogP) is 2.77. The van der Waals surface area contributed by atoms with Gasteiger partial charge in [-0.15, -0.1) is 0 Å². The molecule has 1 aliphatic carbocycles. The summed E-state index contributed by atoms with van der Waals surface area (Å²) >= 11 is 0. The Kier molecular flexibility index (Phi) is 5.20. The molecule has 0 saturated heterocycles. The summed E-state index contributed by atoms with van der Waals surface area (Å²) in [6.45, 7) is 3.04. The van der Waals surface area contributed by atoms with Crippen molar-refractivity contribution >= 4 is 0 Å². The fraction of sp³-hybridized carbons (Fsp3) is 0.786. The number of nitrogens with two attached hydrogens (primary N) is 1. The summed E-state index contributed by atoms with van der Waals surface area (Å²) in [5.41, 5.74) is 4.28. The van der Waals surface area contributed by atoms with Crippen LogP contribution in [0.4, 0.5) is 0 Å². The van der Waals surface area contributed by atoms with Crippen molar-refractivity contribution in [1.29, 1.82) is 0 Å². The first kappa shape index (κ1) is 13.6. The largest absolute Gasteiger partial charge is 0.271 e. The first-order valence-electron chi connectivity index (χ1n) is 7.34. The summed E-state index contributed by atoms with van der Waals surface area (Å²) < 4.78 is 2.06. The number of aryl methyl sites for hydroxylation is 1. The fourth-order valence-electron chi connectivity index (χ4n) is 3.16. The van der Waals surface area contributed by atoms with Crippen molar-refractivity contribution in [3.8, 4) is 0 Å². The number of hydrogen-bond acceptors (Lipinski definition) is 3. The topological polar surface area (TPSA) is 55.9 Å². The highest BCUT2D eigenvalue weighted by molar-refractivity contribution is 5.08. The van der Waals surface area contributed by atoms with Gasteiger partial charge in [-0.3, -0.25) is 16.0 Å². The van der Waals surface area contributed by atoms with E-state index in [9.17, 15) is 0 Å². The molecule has 1 saturated carbocycles. The molecule has 18 heavy (non-hydrogen) atoms. The second-order valence-electron chi connectivity index (χ2n) is 5.32. The lowest BCUT2D eigenvalue weighted by Gasteiger charge is -2.28. The first-order chi connectivity index (χ1) is 8.86. The van der Waals surface area contributed by atoms with Gasteiger partial charge in [-0.1, -0.05) is 32.1 Å². The lowest BCUT2D eigenvalue weighted by molar-refractivity contribution is 0.279. The second-order valence-corrected chi connectivity index (χ2v) is 5.32. The van der Waals surface area contributed by atoms with Crippen molar-refractivity contribution < 1.29 is 0 Å². The van der Waals surface area contributed by atoms with Crippen LogP contribution in [-0.4, -0.2) is 9.78 Å². The molecule has 0 aliphatic heterocycles. The SMILES string of the molecule is CCn1nccc1C(NN)C1CCCCCCC1. The number of aromatic nitrogens is 2. The molecule has 4 heteroatoms. The van der Waals surface area contributed by atoms with E-state index in [-0.39, 0.29) is 6.04 Å². The minimum absolute atomic E-state index is 0.255. The maximum Gasteiger partial charge on any atom is 0.0657 e. The van der Waals surface area contributed by atoms with Crippen LogP contribution in [0.5, 0.6) is 0 Å². The molecule has 4 nitrogen and oxygen atoms in total. The number of hydrogen-bond donors (Lipinski definition) is 2. The third-order valence-electron chi connectivity index (χ3n) is 4.17. The zero-order chi connectivity index (χ0) is 12.8. The Balaban J connectivity index is 2.10. The summed E-state index contributed by atoms with van der Waals surface area (Å²) in [5, 5.41) is 4.36. The Morgan fingerprint density at radius 3 is 2.61 bits per heavy atom. The summed E-state index contributed by atoms with van der Waals surface area (Å²) in [5.74, 6) is 6.47. The van der Waals surface area contributed by atoms with Gasteiger partial charge in [-0.2, -0.15) is 5.10 Å². The van der Waals surface area contributed by atoms with Crippen LogP contribution < -0.4 is 11.3 Å². The van der Waals surface area contributed by atoms with Crippen LogP contribution in [0.2, 0.25) is 0 Å². The van der Waals surface area contributed by atoms with Crippen LogP contribution in [-0.2, 0) is 6.54 Å². The fourth-order valence-corrected chi connectivity index (χ4v) is 3.16. The van der Waals surface area contributed by atoms with E-state index in [1.54, 1.807) is 0 Å². The van der Waals surface area contributed by atoms with Gasteiger partial charge in [-0.25, -0.2) is 0 Å². The molecular weight excluding hydrogens is 224 g/mol. The summed E-state index contributed by atoms with van der Waals surface area (Å²) in [6.07, 6.45) is 11.3. The molecule has 0 radical (unpaired) electrons. The van der Waals surface area contributed by atoms with Gasteiger partial charge in [-0.05, 0) is 31.7 Å². The minimum atomic E-state index is 0.255. The van der Waals surface area contributed by atoms with E-state index in [1.165, 1.54) is 50.6 Å². The molecule has 0 amide bonds. The summed E-state index contributed by atoms with van der Waals surface area (Å²) in [6, 6.07) is 2.36. The Bertz CT molecular complexity index is 339. The van der Waals surface area contributed by atoms with Gasteiger partial charge in [0.2, 0.25) is 0 Å². The van der Waals surface area contributed by atoms with Gasteiger partial charge in [0.05, 0.1) is 11.7 Å². The Morgan fingerprint density at radius 2 is 2.00 bits per heavy atom. The molecule has 1 aliphatic rings. The molecule has 102 valence electrons. The molecular formula is C14H26N4. The van der Waals surface area contributed by atoms with E-state index < -0.39 is 0 Å². The average Bonchev–Trinajstić information content (AvgIpc) is 2.80. The van der Waals surface area contributed by atoms with E-state index in [0.717, 1.165) is 6.54 Å². The van der Waals surface area contributed by atoms with Crippen LogP contribution >= 0.6 is 0 Å². The number of rotatable bonds is 4. The Morgan fingerprint density at radius 1 is 1.33 bits per heavy atom. The number of nitrogens with zero attached hydrogens (tertiary/aromatic N) is 2. The van der Waals surface area contributed by atoms with Crippen LogP contribution in [0, 0.1) is 5.92 Å². The normalized spacial score (nSPS) is 20.3. The summed E-state index contributed by atoms with van der Waals surface area (Å²) in [4.78, 5) is 0. The van der Waals surface area contributed by atoms with Crippen LogP contribution in [0.3, 0.4) is 0 Å². The van der Waals surface area contributed by atoms with Gasteiger partial charge in [0, 0.05) is 12.7 Å². The Hall–Kier alpha value is -0.870. The monoisotopic (exact) mass is 250 g/mol. The maximum absolute atomic E-state index is 5.82. The van der Waals surface area contributed by atoms with Gasteiger partial charge < -0.3 is 0 Å². The lowest BCUT2D eigenvalue weighted by Crippen LogP contribution is -2.35. The minimum Gasteiger partial charge on any atom is -0.271 e. The zero-order valence-electron chi connectivity index (χ0n) is 11.4. The molecule has 1 atom stereocenters. The van der Waals surface area contributed by atoms with E-state index in [4.69, 9.17) is 5.84 Å². The smallest absolute Gasteiger partial charge is 0.0657 e. The summed E-state index contributed by atoms with van der Waals surface area (Å²) in [7, 11) is 0. The molecule has 1 heterocycles. The maximum atomic E-state index is 5.82. The lowest BCUT2D eigenvalue weighted by atomic mass is 9.85. The molecule has 1 unspecified atom stereocenters. The van der Waals surface area contributed by atoms with Gasteiger partial charge in [0.1, 0.15) is 0 Å². The average molecular weight is 250 g/mol. The number of hydrazine groups is 1. The van der Waals surface area contributed by atoms with E-state index >= 15 is 0 Å². The van der Waals surface area contributed by atoms with E-state index in [1.807, 2.05) is 6.20 Å². The van der Waals surface area contributed by atoms with Crippen LogP contribution in [0.25, 0.3) is 0 Å². The van der Waals surface area contributed by atoms with Gasteiger partial charge in [0.15, 0.2) is 0 Å². The third-order valence-corrected chi connectivity index (χ3v) is 4.17. The molecule has 1 fully saturated rings. The van der Waals surface area contributed by atoms with Gasteiger partial charge >= 0.3 is 0 Å². The van der Waals surface area contributed by atoms with Crippen molar-refractivity contribution in [3.63, 3.8) is 0 Å². The molecule has 1 aromatic rings. The number of nitrogens with one attached hydrogen (secondary N) is 1. The van der Waals surface area contributed by atoms with E-state index in [2.05, 4.69) is 28.2 Å². The van der Waals surface area contributed by atoms with Crippen LogP contribution in [0.15, 0.2) is 12.3 Å². The highest BCUT2D eigenvalue weighted by Gasteiger charge is 2.25. The van der Waals surface area contributed by atoms with Crippen LogP contribution in [0.1, 0.15) is 63.6 Å². The van der Waals surface area contributed by atoms with Crippen molar-refractivity contribution in [3.05, 3.63) is 18.0 Å². The molecule has 2 rings (SSSR count). The standard InChI is InChI=1S/C14H26N4/c1-2-18-13(10-11-16-18)14(17-15)12-8-6-4-3-5-7-9-12/h10-12,14,17H,2-9,15H2,1H3. The van der Waals surface area contributed by atoms with E-state index in [0.29, 0.717) is 5.92 Å². The predicted molar refractivity (Wildman–Crippen MR) is 73.8 cm³/mol. The molecule has 0 aromatic carbocycles. The molecule has 0 spiro atoms. The first-order valence-corrected chi connectivity index (χ1v) is 7.34. The molecule has 3 N–H and O–H groups in total. The third kappa shape index (κ3) is 3.12. The van der Waals surface area contributed by atoms with Crippen molar-refractivity contribution in [2.75, 3.05) is 0 Å². The van der Waals surface area contributed by atoms with Crippen molar-refractivity contribution in [1.82, 2.24) is 15.2 Å². The molecule has 1 aromatic heterocycles. The second kappa shape index (κ2) is 6.90. The quantitative estimate of drug-likeness (QED) is 0.638. The van der Waals surface area contributed by atoms with Crippen molar-refractivity contribution in [2.24, 2.45) is 11.8 Å². The Labute approximate surface area is 110 Å². The molecule has 0 bridgehead atoms. The van der Waals surface area contributed by atoms with Gasteiger partial charge in [0.25, 0.3) is 0 Å². The zero-order valence-corrected chi connectivity index (χ0v) is 11.4.